The molecule has 8 heavy (non-hydrogen) atoms. The first-order chi connectivity index (χ1) is 3.77. The number of rotatable bonds is 3. The van der Waals surface area contributed by atoms with E-state index in [4.69, 9.17) is 5.73 Å². The van der Waals surface area contributed by atoms with E-state index in [9.17, 15) is 4.79 Å². The molecule has 0 saturated heterocycles. The molecule has 2 N–H and O–H groups in total. The molecule has 0 spiro atoms. The zero-order valence-electron chi connectivity index (χ0n) is 4.89. The van der Waals surface area contributed by atoms with Crippen LogP contribution in [0.15, 0.2) is 0 Å². The zero-order valence-corrected chi connectivity index (χ0v) is 4.89. The van der Waals surface area contributed by atoms with Gasteiger partial charge in [0.2, 0.25) is 0 Å². The van der Waals surface area contributed by atoms with E-state index in [1.807, 2.05) is 0 Å². The molecule has 0 aliphatic heterocycles. The van der Waals surface area contributed by atoms with Crippen molar-refractivity contribution in [3.63, 3.8) is 0 Å². The molecule has 0 unspecified atom stereocenters. The second-order valence-electron chi connectivity index (χ2n) is 1.33. The summed E-state index contributed by atoms with van der Waals surface area (Å²) in [5.74, 6) is -0.269. The lowest BCUT2D eigenvalue weighted by molar-refractivity contribution is -0.140. The second-order valence-corrected chi connectivity index (χ2v) is 1.33. The molecule has 0 heterocycles. The molecule has 1 radical (unpaired) electrons. The second kappa shape index (κ2) is 4.59. The quantitative estimate of drug-likeness (QED) is 0.407. The summed E-state index contributed by atoms with van der Waals surface area (Å²) in [4.78, 5) is 10.0. The van der Waals surface area contributed by atoms with Crippen molar-refractivity contribution < 1.29 is 9.53 Å². The highest BCUT2D eigenvalue weighted by Gasteiger charge is 1.88. The van der Waals surface area contributed by atoms with Gasteiger partial charge in [0.25, 0.3) is 0 Å². The molecule has 0 aromatic carbocycles. The van der Waals surface area contributed by atoms with Crippen molar-refractivity contribution in [3.8, 4) is 0 Å². The third-order valence-electron chi connectivity index (χ3n) is 0.571. The van der Waals surface area contributed by atoms with Crippen molar-refractivity contribution in [3.05, 3.63) is 6.42 Å². The van der Waals surface area contributed by atoms with Crippen LogP contribution in [0.5, 0.6) is 0 Å². The van der Waals surface area contributed by atoms with Gasteiger partial charge in [-0.15, -0.1) is 0 Å². The van der Waals surface area contributed by atoms with E-state index >= 15 is 0 Å². The predicted octanol–water partition coefficient (Wildman–Crippen LogP) is -0.288. The molecule has 0 fully saturated rings. The fraction of sp³-hybridized carbons (Fsp3) is 0.600. The van der Waals surface area contributed by atoms with Crippen LogP contribution < -0.4 is 5.73 Å². The van der Waals surface area contributed by atoms with Gasteiger partial charge in [-0.25, -0.2) is 0 Å². The maximum absolute atomic E-state index is 10.0. The molecule has 0 aliphatic rings. The van der Waals surface area contributed by atoms with Gasteiger partial charge in [0.15, 0.2) is 0 Å². The maximum Gasteiger partial charge on any atom is 0.302 e. The minimum absolute atomic E-state index is 0.269. The number of carbonyl (C=O) groups excluding carboxylic acids is 1. The first-order valence-corrected chi connectivity index (χ1v) is 2.42. The van der Waals surface area contributed by atoms with Gasteiger partial charge in [-0.1, -0.05) is 0 Å². The molecule has 47 valence electrons. The largest absolute Gasteiger partial charge is 0.466 e. The van der Waals surface area contributed by atoms with Crippen molar-refractivity contribution in [2.45, 2.75) is 6.92 Å². The lowest BCUT2D eigenvalue weighted by Gasteiger charge is -1.96. The molecular formula is C5H10NO2. The molecule has 0 aromatic heterocycles. The van der Waals surface area contributed by atoms with Gasteiger partial charge in [0, 0.05) is 13.3 Å². The Kier molecular flexibility index (Phi) is 4.26. The van der Waals surface area contributed by atoms with E-state index in [0.717, 1.165) is 0 Å². The molecule has 0 atom stereocenters. The zero-order chi connectivity index (χ0) is 6.41. The summed E-state index contributed by atoms with van der Waals surface area (Å²) in [5, 5.41) is 0. The highest BCUT2D eigenvalue weighted by atomic mass is 16.5. The van der Waals surface area contributed by atoms with E-state index in [1.54, 1.807) is 6.42 Å². The van der Waals surface area contributed by atoms with E-state index in [2.05, 4.69) is 4.74 Å². The number of nitrogens with two attached hydrogens (primary N) is 1. The average molecular weight is 116 g/mol. The summed E-state index contributed by atoms with van der Waals surface area (Å²) < 4.78 is 4.51. The topological polar surface area (TPSA) is 52.3 Å². The van der Waals surface area contributed by atoms with Gasteiger partial charge >= 0.3 is 5.97 Å². The van der Waals surface area contributed by atoms with Crippen LogP contribution in [0.2, 0.25) is 0 Å². The molecule has 3 nitrogen and oxygen atoms in total. The summed E-state index contributed by atoms with van der Waals surface area (Å²) in [7, 11) is 0. The minimum Gasteiger partial charge on any atom is -0.466 e. The van der Waals surface area contributed by atoms with Crippen LogP contribution in [0.4, 0.5) is 0 Å². The van der Waals surface area contributed by atoms with E-state index < -0.39 is 0 Å². The smallest absolute Gasteiger partial charge is 0.302 e. The Morgan fingerprint density at radius 1 is 1.88 bits per heavy atom. The lowest BCUT2D eigenvalue weighted by Crippen LogP contribution is -2.07. The summed E-state index contributed by atoms with van der Waals surface area (Å²) in [6, 6.07) is 0. The third-order valence-corrected chi connectivity index (χ3v) is 0.571. The third kappa shape index (κ3) is 5.43. The van der Waals surface area contributed by atoms with Crippen molar-refractivity contribution in [2.24, 2.45) is 5.73 Å². The Bertz CT molecular complexity index is 72.8. The van der Waals surface area contributed by atoms with Gasteiger partial charge < -0.3 is 10.5 Å². The Morgan fingerprint density at radius 2 is 2.50 bits per heavy atom. The van der Waals surface area contributed by atoms with Crippen molar-refractivity contribution in [1.29, 1.82) is 0 Å². The van der Waals surface area contributed by atoms with Gasteiger partial charge in [0.1, 0.15) is 0 Å². The Balaban J connectivity index is 2.82. The normalized spacial score (nSPS) is 8.75. The van der Waals surface area contributed by atoms with Crippen LogP contribution in [-0.4, -0.2) is 19.1 Å². The fourth-order valence-electron chi connectivity index (χ4n) is 0.244. The Labute approximate surface area is 48.8 Å². The van der Waals surface area contributed by atoms with Crippen molar-refractivity contribution in [1.82, 2.24) is 0 Å². The molecule has 0 rings (SSSR count). The van der Waals surface area contributed by atoms with Crippen LogP contribution >= 0.6 is 0 Å². The molecule has 0 amide bonds. The number of hydrogen-bond donors (Lipinski definition) is 1. The first kappa shape index (κ1) is 7.43. The first-order valence-electron chi connectivity index (χ1n) is 2.42. The van der Waals surface area contributed by atoms with Gasteiger partial charge in [-0.3, -0.25) is 4.79 Å². The summed E-state index contributed by atoms with van der Waals surface area (Å²) >= 11 is 0. The summed E-state index contributed by atoms with van der Waals surface area (Å²) in [6.07, 6.45) is 1.68. The SMILES string of the molecule is CC(=O)OC[CH]CN. The molecule has 0 bridgehead atoms. The number of ether oxygens (including phenoxy) is 1. The molecule has 3 heteroatoms. The highest BCUT2D eigenvalue weighted by molar-refractivity contribution is 5.65. The maximum atomic E-state index is 10.0. The van der Waals surface area contributed by atoms with Gasteiger partial charge in [-0.05, 0) is 6.54 Å². The van der Waals surface area contributed by atoms with Crippen LogP contribution in [-0.2, 0) is 9.53 Å². The van der Waals surface area contributed by atoms with Crippen LogP contribution in [0.25, 0.3) is 0 Å². The van der Waals surface area contributed by atoms with Crippen LogP contribution in [0.3, 0.4) is 0 Å². The monoisotopic (exact) mass is 116 g/mol. The molecule has 0 aliphatic carbocycles. The fourth-order valence-corrected chi connectivity index (χ4v) is 0.244. The molecule has 0 saturated carbocycles. The number of esters is 1. The standard InChI is InChI=1S/C5H10NO2/c1-5(7)8-4-2-3-6/h2H,3-4,6H2,1H3. The predicted molar refractivity (Wildman–Crippen MR) is 30.0 cm³/mol. The van der Waals surface area contributed by atoms with E-state index in [-0.39, 0.29) is 5.97 Å². The van der Waals surface area contributed by atoms with Crippen LogP contribution in [0.1, 0.15) is 6.92 Å². The van der Waals surface area contributed by atoms with E-state index in [0.29, 0.717) is 13.2 Å². The van der Waals surface area contributed by atoms with Crippen LogP contribution in [0, 0.1) is 6.42 Å². The van der Waals surface area contributed by atoms with Gasteiger partial charge in [0.05, 0.1) is 6.61 Å². The van der Waals surface area contributed by atoms with E-state index in [1.165, 1.54) is 6.92 Å². The molecule has 0 aromatic rings. The minimum atomic E-state index is -0.269. The number of hydrogen-bond acceptors (Lipinski definition) is 3. The highest BCUT2D eigenvalue weighted by Crippen LogP contribution is 1.77. The summed E-state index contributed by atoms with van der Waals surface area (Å²) in [5.41, 5.74) is 5.07. The van der Waals surface area contributed by atoms with Crippen molar-refractivity contribution >= 4 is 5.97 Å². The van der Waals surface area contributed by atoms with Gasteiger partial charge in [-0.2, -0.15) is 0 Å². The molecular weight excluding hydrogens is 106 g/mol. The average Bonchev–Trinajstić information content (AvgIpc) is 1.66. The Hall–Kier alpha value is -0.570. The number of carbonyl (C=O) groups is 1. The van der Waals surface area contributed by atoms with Crippen molar-refractivity contribution in [2.75, 3.05) is 13.2 Å². The summed E-state index contributed by atoms with van der Waals surface area (Å²) in [6.45, 7) is 2.14. The lowest BCUT2D eigenvalue weighted by atomic mass is 10.5. The Morgan fingerprint density at radius 3 is 2.88 bits per heavy atom.